The highest BCUT2D eigenvalue weighted by molar-refractivity contribution is 7.10. The summed E-state index contributed by atoms with van der Waals surface area (Å²) in [7, 11) is 0. The Labute approximate surface area is 104 Å². The fraction of sp³-hybridized carbons (Fsp3) is 0.231. The number of aryl methyl sites for hydroxylation is 1. The Balaban J connectivity index is 2.46. The van der Waals surface area contributed by atoms with Gasteiger partial charge in [-0.1, -0.05) is 30.3 Å². The first-order chi connectivity index (χ1) is 8.24. The van der Waals surface area contributed by atoms with E-state index in [1.807, 2.05) is 37.3 Å². The van der Waals surface area contributed by atoms with E-state index in [1.54, 1.807) is 6.92 Å². The van der Waals surface area contributed by atoms with E-state index in [-0.39, 0.29) is 5.97 Å². The first-order valence-electron chi connectivity index (χ1n) is 5.43. The van der Waals surface area contributed by atoms with Crippen LogP contribution in [0.1, 0.15) is 23.0 Å². The van der Waals surface area contributed by atoms with Crippen LogP contribution in [0.25, 0.3) is 10.4 Å². The number of hydrogen-bond donors (Lipinski definition) is 0. The summed E-state index contributed by atoms with van der Waals surface area (Å²) >= 11 is 1.33. The van der Waals surface area contributed by atoms with Gasteiger partial charge in [0.25, 0.3) is 0 Å². The minimum Gasteiger partial charge on any atom is -0.462 e. The van der Waals surface area contributed by atoms with Crippen LogP contribution in [-0.2, 0) is 4.74 Å². The quantitative estimate of drug-likeness (QED) is 0.781. The van der Waals surface area contributed by atoms with E-state index in [0.717, 1.165) is 16.1 Å². The number of hydrogen-bond acceptors (Lipinski definition) is 4. The van der Waals surface area contributed by atoms with Crippen LogP contribution in [0.5, 0.6) is 0 Å². The van der Waals surface area contributed by atoms with Gasteiger partial charge in [0, 0.05) is 0 Å². The zero-order valence-corrected chi connectivity index (χ0v) is 10.6. The van der Waals surface area contributed by atoms with Crippen molar-refractivity contribution in [1.29, 1.82) is 0 Å². The van der Waals surface area contributed by atoms with E-state index >= 15 is 0 Å². The van der Waals surface area contributed by atoms with Crippen molar-refractivity contribution in [1.82, 2.24) is 4.37 Å². The first-order valence-corrected chi connectivity index (χ1v) is 6.20. The molecular weight excluding hydrogens is 234 g/mol. The third-order valence-corrected chi connectivity index (χ3v) is 3.37. The highest BCUT2D eigenvalue weighted by atomic mass is 32.1. The Bertz CT molecular complexity index is 519. The second kappa shape index (κ2) is 5.10. The first kappa shape index (κ1) is 11.8. The Kier molecular flexibility index (Phi) is 3.54. The van der Waals surface area contributed by atoms with Crippen LogP contribution in [0.3, 0.4) is 0 Å². The number of benzene rings is 1. The number of ether oxygens (including phenoxy) is 1. The van der Waals surface area contributed by atoms with E-state index in [4.69, 9.17) is 4.74 Å². The van der Waals surface area contributed by atoms with Gasteiger partial charge in [0.15, 0.2) is 0 Å². The maximum absolute atomic E-state index is 11.9. The van der Waals surface area contributed by atoms with Gasteiger partial charge in [-0.25, -0.2) is 4.79 Å². The normalized spacial score (nSPS) is 10.2. The van der Waals surface area contributed by atoms with Gasteiger partial charge in [-0.2, -0.15) is 4.37 Å². The lowest BCUT2D eigenvalue weighted by Gasteiger charge is -2.03. The third kappa shape index (κ3) is 2.36. The van der Waals surface area contributed by atoms with Crippen molar-refractivity contribution < 1.29 is 9.53 Å². The summed E-state index contributed by atoms with van der Waals surface area (Å²) in [6.45, 7) is 4.01. The molecule has 0 saturated carbocycles. The van der Waals surface area contributed by atoms with Crippen LogP contribution in [0.15, 0.2) is 30.3 Å². The van der Waals surface area contributed by atoms with Crippen molar-refractivity contribution in [2.45, 2.75) is 13.8 Å². The summed E-state index contributed by atoms with van der Waals surface area (Å²) in [6.07, 6.45) is 0. The van der Waals surface area contributed by atoms with Crippen molar-refractivity contribution in [2.75, 3.05) is 6.61 Å². The van der Waals surface area contributed by atoms with E-state index < -0.39 is 0 Å². The number of esters is 1. The molecule has 0 unspecified atom stereocenters. The Morgan fingerprint density at radius 1 is 1.35 bits per heavy atom. The minimum atomic E-state index is -0.294. The molecule has 0 fully saturated rings. The van der Waals surface area contributed by atoms with Crippen LogP contribution >= 0.6 is 11.5 Å². The van der Waals surface area contributed by atoms with Gasteiger partial charge < -0.3 is 4.74 Å². The van der Waals surface area contributed by atoms with Gasteiger partial charge in [0.05, 0.1) is 17.2 Å². The smallest absolute Gasteiger partial charge is 0.341 e. The standard InChI is InChI=1S/C13H13NO2S/c1-3-16-13(15)11-9(2)14-17-12(11)10-7-5-4-6-8-10/h4-8H,3H2,1-2H3. The number of carbonyl (C=O) groups is 1. The lowest BCUT2D eigenvalue weighted by molar-refractivity contribution is 0.0526. The molecule has 0 spiro atoms. The Hall–Kier alpha value is -1.68. The third-order valence-electron chi connectivity index (χ3n) is 2.38. The second-order valence-electron chi connectivity index (χ2n) is 3.56. The monoisotopic (exact) mass is 247 g/mol. The second-order valence-corrected chi connectivity index (χ2v) is 4.33. The number of nitrogens with zero attached hydrogens (tertiary/aromatic N) is 1. The molecule has 1 heterocycles. The molecule has 0 bridgehead atoms. The van der Waals surface area contributed by atoms with Crippen molar-refractivity contribution in [3.63, 3.8) is 0 Å². The molecule has 0 amide bonds. The summed E-state index contributed by atoms with van der Waals surface area (Å²) in [4.78, 5) is 12.7. The molecule has 3 nitrogen and oxygen atoms in total. The van der Waals surface area contributed by atoms with Crippen molar-refractivity contribution in [3.8, 4) is 10.4 Å². The lowest BCUT2D eigenvalue weighted by atomic mass is 10.1. The summed E-state index contributed by atoms with van der Waals surface area (Å²) in [5.41, 5.74) is 2.32. The Morgan fingerprint density at radius 2 is 2.06 bits per heavy atom. The zero-order chi connectivity index (χ0) is 12.3. The van der Waals surface area contributed by atoms with E-state index in [9.17, 15) is 4.79 Å². The molecule has 2 aromatic rings. The molecule has 0 radical (unpaired) electrons. The molecule has 0 atom stereocenters. The number of rotatable bonds is 3. The molecule has 88 valence electrons. The SMILES string of the molecule is CCOC(=O)c1c(C)nsc1-c1ccccc1. The molecule has 0 aliphatic rings. The summed E-state index contributed by atoms with van der Waals surface area (Å²) < 4.78 is 9.29. The molecule has 17 heavy (non-hydrogen) atoms. The Morgan fingerprint density at radius 3 is 2.71 bits per heavy atom. The zero-order valence-electron chi connectivity index (χ0n) is 9.77. The molecule has 0 aliphatic heterocycles. The van der Waals surface area contributed by atoms with Crippen LogP contribution in [0.2, 0.25) is 0 Å². The van der Waals surface area contributed by atoms with Crippen molar-refractivity contribution in [2.24, 2.45) is 0 Å². The predicted molar refractivity (Wildman–Crippen MR) is 68.2 cm³/mol. The van der Waals surface area contributed by atoms with Crippen molar-refractivity contribution >= 4 is 17.5 Å². The molecule has 2 rings (SSSR count). The highest BCUT2D eigenvalue weighted by Gasteiger charge is 2.20. The largest absolute Gasteiger partial charge is 0.462 e. The molecule has 0 aliphatic carbocycles. The summed E-state index contributed by atoms with van der Waals surface area (Å²) in [6, 6.07) is 9.77. The van der Waals surface area contributed by atoms with Gasteiger partial charge >= 0.3 is 5.97 Å². The van der Waals surface area contributed by atoms with Crippen molar-refractivity contribution in [3.05, 3.63) is 41.6 Å². The summed E-state index contributed by atoms with van der Waals surface area (Å²) in [5.74, 6) is -0.294. The fourth-order valence-electron chi connectivity index (χ4n) is 1.60. The molecule has 1 aromatic heterocycles. The van der Waals surface area contributed by atoms with Gasteiger partial charge in [-0.3, -0.25) is 0 Å². The van der Waals surface area contributed by atoms with Gasteiger partial charge in [-0.15, -0.1) is 0 Å². The summed E-state index contributed by atoms with van der Waals surface area (Å²) in [5, 5.41) is 0. The lowest BCUT2D eigenvalue weighted by Crippen LogP contribution is -2.06. The van der Waals surface area contributed by atoms with Gasteiger partial charge in [-0.05, 0) is 30.9 Å². The van der Waals surface area contributed by atoms with Gasteiger partial charge in [0.2, 0.25) is 0 Å². The maximum atomic E-state index is 11.9. The molecular formula is C13H13NO2S. The predicted octanol–water partition coefficient (Wildman–Crippen LogP) is 3.30. The molecule has 0 N–H and O–H groups in total. The number of carbonyl (C=O) groups excluding carboxylic acids is 1. The fourth-order valence-corrected chi connectivity index (χ4v) is 2.48. The topological polar surface area (TPSA) is 39.2 Å². The number of aromatic nitrogens is 1. The molecule has 1 aromatic carbocycles. The van der Waals surface area contributed by atoms with E-state index in [1.165, 1.54) is 11.5 Å². The minimum absolute atomic E-state index is 0.294. The van der Waals surface area contributed by atoms with E-state index in [2.05, 4.69) is 4.37 Å². The maximum Gasteiger partial charge on any atom is 0.341 e. The van der Waals surface area contributed by atoms with Crippen LogP contribution in [0, 0.1) is 6.92 Å². The van der Waals surface area contributed by atoms with Crippen LogP contribution < -0.4 is 0 Å². The van der Waals surface area contributed by atoms with Gasteiger partial charge in [0.1, 0.15) is 5.56 Å². The van der Waals surface area contributed by atoms with Crippen LogP contribution in [0.4, 0.5) is 0 Å². The molecule has 0 saturated heterocycles. The van der Waals surface area contributed by atoms with E-state index in [0.29, 0.717) is 12.2 Å². The highest BCUT2D eigenvalue weighted by Crippen LogP contribution is 2.30. The average Bonchev–Trinajstić information content (AvgIpc) is 2.73. The molecule has 4 heteroatoms. The van der Waals surface area contributed by atoms with Crippen LogP contribution in [-0.4, -0.2) is 16.9 Å². The average molecular weight is 247 g/mol.